The Hall–Kier alpha value is -2.79. The fourth-order valence-electron chi connectivity index (χ4n) is 2.72. The van der Waals surface area contributed by atoms with Crippen LogP contribution in [-0.4, -0.2) is 21.8 Å². The lowest BCUT2D eigenvalue weighted by atomic mass is 10.1. The molecule has 3 aromatic heterocycles. The van der Waals surface area contributed by atoms with Gasteiger partial charge in [-0.3, -0.25) is 4.98 Å². The highest BCUT2D eigenvalue weighted by molar-refractivity contribution is 7.18. The molecule has 4 aromatic rings. The SMILES string of the molecule is CCOc1nnc(-c2ccc(-c3ccc(C)cn3)s2)c2ccccc12. The van der Waals surface area contributed by atoms with E-state index in [1.807, 2.05) is 44.3 Å². The van der Waals surface area contributed by atoms with E-state index in [2.05, 4.69) is 39.4 Å². The average molecular weight is 347 g/mol. The van der Waals surface area contributed by atoms with Crippen LogP contribution in [0.25, 0.3) is 31.9 Å². The zero-order valence-corrected chi connectivity index (χ0v) is 14.9. The summed E-state index contributed by atoms with van der Waals surface area (Å²) in [6.07, 6.45) is 1.89. The molecule has 0 aliphatic rings. The van der Waals surface area contributed by atoms with Gasteiger partial charge in [0.1, 0.15) is 5.69 Å². The van der Waals surface area contributed by atoms with Gasteiger partial charge >= 0.3 is 0 Å². The summed E-state index contributed by atoms with van der Waals surface area (Å²) in [5.41, 5.74) is 3.01. The Morgan fingerprint density at radius 3 is 2.48 bits per heavy atom. The minimum Gasteiger partial charge on any atom is -0.476 e. The van der Waals surface area contributed by atoms with E-state index in [9.17, 15) is 0 Å². The number of thiophene rings is 1. The van der Waals surface area contributed by atoms with Crippen molar-refractivity contribution >= 4 is 22.1 Å². The first-order valence-corrected chi connectivity index (χ1v) is 8.99. The highest BCUT2D eigenvalue weighted by atomic mass is 32.1. The molecule has 0 amide bonds. The molecule has 0 fully saturated rings. The number of ether oxygens (including phenoxy) is 1. The monoisotopic (exact) mass is 347 g/mol. The first-order valence-electron chi connectivity index (χ1n) is 8.17. The molecule has 4 rings (SSSR count). The van der Waals surface area contributed by atoms with Gasteiger partial charge in [0.25, 0.3) is 0 Å². The Morgan fingerprint density at radius 1 is 0.920 bits per heavy atom. The van der Waals surface area contributed by atoms with E-state index in [4.69, 9.17) is 4.74 Å². The lowest BCUT2D eigenvalue weighted by Gasteiger charge is -2.08. The van der Waals surface area contributed by atoms with Crippen LogP contribution in [0.5, 0.6) is 5.88 Å². The molecule has 0 unspecified atom stereocenters. The van der Waals surface area contributed by atoms with Gasteiger partial charge in [0.05, 0.1) is 22.1 Å². The van der Waals surface area contributed by atoms with E-state index in [-0.39, 0.29) is 0 Å². The minimum absolute atomic E-state index is 0.570. The van der Waals surface area contributed by atoms with Gasteiger partial charge in [-0.1, -0.05) is 24.3 Å². The van der Waals surface area contributed by atoms with Crippen LogP contribution in [0.3, 0.4) is 0 Å². The van der Waals surface area contributed by atoms with Crippen LogP contribution < -0.4 is 4.74 Å². The average Bonchev–Trinajstić information content (AvgIpc) is 3.13. The second-order valence-electron chi connectivity index (χ2n) is 5.72. The van der Waals surface area contributed by atoms with Crippen LogP contribution in [0.15, 0.2) is 54.7 Å². The fourth-order valence-corrected chi connectivity index (χ4v) is 3.70. The number of fused-ring (bicyclic) bond motifs is 1. The molecule has 0 bridgehead atoms. The van der Waals surface area contributed by atoms with Crippen molar-refractivity contribution in [1.29, 1.82) is 0 Å². The minimum atomic E-state index is 0.570. The van der Waals surface area contributed by atoms with Gasteiger partial charge in [-0.2, -0.15) is 0 Å². The number of benzene rings is 1. The Bertz CT molecular complexity index is 1020. The van der Waals surface area contributed by atoms with Gasteiger partial charge in [0.15, 0.2) is 0 Å². The molecule has 124 valence electrons. The molecular weight excluding hydrogens is 330 g/mol. The number of aryl methyl sites for hydroxylation is 1. The number of aromatic nitrogens is 3. The van der Waals surface area contributed by atoms with Crippen molar-refractivity contribution in [2.45, 2.75) is 13.8 Å². The lowest BCUT2D eigenvalue weighted by Crippen LogP contribution is -1.98. The summed E-state index contributed by atoms with van der Waals surface area (Å²) in [5, 5.41) is 10.7. The zero-order chi connectivity index (χ0) is 17.2. The molecule has 4 nitrogen and oxygen atoms in total. The quantitative estimate of drug-likeness (QED) is 0.513. The molecule has 25 heavy (non-hydrogen) atoms. The van der Waals surface area contributed by atoms with Gasteiger partial charge in [-0.15, -0.1) is 21.5 Å². The first-order chi connectivity index (χ1) is 12.3. The zero-order valence-electron chi connectivity index (χ0n) is 14.1. The molecule has 0 spiro atoms. The lowest BCUT2D eigenvalue weighted by molar-refractivity contribution is 0.327. The van der Waals surface area contributed by atoms with Crippen LogP contribution >= 0.6 is 11.3 Å². The standard InChI is InChI=1S/C20H17N3OS/c1-3-24-20-15-7-5-4-6-14(15)19(22-23-20)18-11-10-17(25-18)16-9-8-13(2)12-21-16/h4-12H,3H2,1-2H3. The Kier molecular flexibility index (Phi) is 4.15. The molecule has 0 aliphatic carbocycles. The summed E-state index contributed by atoms with van der Waals surface area (Å²) >= 11 is 1.67. The third-order valence-corrected chi connectivity index (χ3v) is 5.05. The summed E-state index contributed by atoms with van der Waals surface area (Å²) in [7, 11) is 0. The predicted octanol–water partition coefficient (Wildman–Crippen LogP) is 5.13. The highest BCUT2D eigenvalue weighted by Gasteiger charge is 2.14. The maximum atomic E-state index is 5.62. The second-order valence-corrected chi connectivity index (χ2v) is 6.80. The number of hydrogen-bond donors (Lipinski definition) is 0. The summed E-state index contributed by atoms with van der Waals surface area (Å²) in [6.45, 7) is 4.56. The molecule has 1 aromatic carbocycles. The van der Waals surface area contributed by atoms with Gasteiger partial charge in [-0.05, 0) is 43.7 Å². The third-order valence-electron chi connectivity index (χ3n) is 3.94. The number of nitrogens with zero attached hydrogens (tertiary/aromatic N) is 3. The molecule has 0 atom stereocenters. The first kappa shape index (κ1) is 15.7. The van der Waals surface area contributed by atoms with Gasteiger partial charge in [-0.25, -0.2) is 0 Å². The molecule has 0 saturated heterocycles. The Labute approximate surface area is 150 Å². The summed E-state index contributed by atoms with van der Waals surface area (Å²) in [4.78, 5) is 6.70. The maximum absolute atomic E-state index is 5.62. The van der Waals surface area contributed by atoms with Crippen LogP contribution in [0, 0.1) is 6.92 Å². The number of hydrogen-bond acceptors (Lipinski definition) is 5. The van der Waals surface area contributed by atoms with Crippen molar-refractivity contribution in [3.8, 4) is 27.0 Å². The third kappa shape index (κ3) is 2.98. The van der Waals surface area contributed by atoms with Gasteiger partial charge in [0.2, 0.25) is 5.88 Å². The molecule has 0 N–H and O–H groups in total. The number of pyridine rings is 1. The molecule has 0 radical (unpaired) electrons. The van der Waals surface area contributed by atoms with Crippen molar-refractivity contribution in [1.82, 2.24) is 15.2 Å². The van der Waals surface area contributed by atoms with Crippen molar-refractivity contribution in [2.75, 3.05) is 6.61 Å². The topological polar surface area (TPSA) is 47.9 Å². The van der Waals surface area contributed by atoms with Crippen LogP contribution in [-0.2, 0) is 0 Å². The molecular formula is C20H17N3OS. The normalized spacial score (nSPS) is 11.0. The summed E-state index contributed by atoms with van der Waals surface area (Å²) < 4.78 is 5.62. The fraction of sp³-hybridized carbons (Fsp3) is 0.150. The largest absolute Gasteiger partial charge is 0.476 e. The predicted molar refractivity (Wildman–Crippen MR) is 102 cm³/mol. The van der Waals surface area contributed by atoms with Crippen LogP contribution in [0.2, 0.25) is 0 Å². The Morgan fingerprint density at radius 2 is 1.72 bits per heavy atom. The Balaban J connectivity index is 1.80. The molecule has 0 saturated carbocycles. The second kappa shape index (κ2) is 6.61. The van der Waals surface area contributed by atoms with Gasteiger partial charge in [0, 0.05) is 17.0 Å². The number of rotatable bonds is 4. The van der Waals surface area contributed by atoms with E-state index < -0.39 is 0 Å². The van der Waals surface area contributed by atoms with Crippen molar-refractivity contribution in [2.24, 2.45) is 0 Å². The van der Waals surface area contributed by atoms with E-state index in [0.29, 0.717) is 12.5 Å². The summed E-state index contributed by atoms with van der Waals surface area (Å²) in [6, 6.07) is 16.4. The highest BCUT2D eigenvalue weighted by Crippen LogP contribution is 2.37. The van der Waals surface area contributed by atoms with Crippen LogP contribution in [0.1, 0.15) is 12.5 Å². The molecule has 5 heteroatoms. The summed E-state index contributed by atoms with van der Waals surface area (Å²) in [5.74, 6) is 0.582. The van der Waals surface area contributed by atoms with E-state index in [1.165, 1.54) is 0 Å². The smallest absolute Gasteiger partial charge is 0.241 e. The van der Waals surface area contributed by atoms with E-state index >= 15 is 0 Å². The van der Waals surface area contributed by atoms with Crippen molar-refractivity contribution < 1.29 is 4.74 Å². The molecule has 3 heterocycles. The van der Waals surface area contributed by atoms with Gasteiger partial charge < -0.3 is 4.74 Å². The van der Waals surface area contributed by atoms with Crippen LogP contribution in [0.4, 0.5) is 0 Å². The van der Waals surface area contributed by atoms with Crippen molar-refractivity contribution in [3.63, 3.8) is 0 Å². The van der Waals surface area contributed by atoms with Crippen molar-refractivity contribution in [3.05, 3.63) is 60.3 Å². The van der Waals surface area contributed by atoms with E-state index in [0.717, 1.165) is 37.5 Å². The molecule has 0 aliphatic heterocycles. The maximum Gasteiger partial charge on any atom is 0.241 e. The van der Waals surface area contributed by atoms with E-state index in [1.54, 1.807) is 11.3 Å².